The topological polar surface area (TPSA) is 58.1 Å². The van der Waals surface area contributed by atoms with E-state index in [1.807, 2.05) is 13.0 Å². The van der Waals surface area contributed by atoms with E-state index in [0.29, 0.717) is 16.4 Å². The summed E-state index contributed by atoms with van der Waals surface area (Å²) in [4.78, 5) is 10.8. The van der Waals surface area contributed by atoms with Gasteiger partial charge in [-0.1, -0.05) is 62.4 Å². The molecule has 6 nitrogen and oxygen atoms in total. The first-order valence-corrected chi connectivity index (χ1v) is 11.4. The molecule has 8 heteroatoms. The molecule has 2 aromatic heterocycles. The lowest BCUT2D eigenvalue weighted by Crippen LogP contribution is -2.30. The first kappa shape index (κ1) is 22.1. The maximum absolute atomic E-state index is 7.35. The van der Waals surface area contributed by atoms with Gasteiger partial charge in [-0.2, -0.15) is 0 Å². The van der Waals surface area contributed by atoms with Crippen LogP contribution in [0, 0.1) is 13.5 Å². The van der Waals surface area contributed by atoms with Crippen LogP contribution in [0.1, 0.15) is 51.6 Å². The maximum atomic E-state index is 7.35. The number of thiazole rings is 1. The van der Waals surface area contributed by atoms with Crippen LogP contribution in [0.25, 0.3) is 4.85 Å². The summed E-state index contributed by atoms with van der Waals surface area (Å²) >= 11 is 2.75. The molecule has 0 bridgehead atoms. The van der Waals surface area contributed by atoms with Gasteiger partial charge in [0.2, 0.25) is 5.69 Å². The molecule has 0 spiro atoms. The molecule has 0 unspecified atom stereocenters. The molecular weight excluding hydrogens is 412 g/mol. The van der Waals surface area contributed by atoms with E-state index < -0.39 is 0 Å². The van der Waals surface area contributed by atoms with Gasteiger partial charge >= 0.3 is 0 Å². The van der Waals surface area contributed by atoms with E-state index in [0.717, 1.165) is 22.4 Å². The fourth-order valence-corrected chi connectivity index (χ4v) is 4.77. The largest absolute Gasteiger partial charge is 0.341 e. The minimum Gasteiger partial charge on any atom is -0.341 e. The molecule has 0 amide bonds. The lowest BCUT2D eigenvalue weighted by molar-refractivity contribution is 0.571. The normalized spacial score (nSPS) is 11.9. The number of benzene rings is 1. The van der Waals surface area contributed by atoms with Gasteiger partial charge in [-0.3, -0.25) is 0 Å². The molecule has 0 atom stereocenters. The summed E-state index contributed by atoms with van der Waals surface area (Å²) in [5.74, 6) is 0. The molecule has 0 saturated heterocycles. The minimum atomic E-state index is -0.176. The predicted octanol–water partition coefficient (Wildman–Crippen LogP) is 7.59. The zero-order valence-corrected chi connectivity index (χ0v) is 19.8. The molecular formula is C22H26N6S2. The van der Waals surface area contributed by atoms with Crippen molar-refractivity contribution in [3.05, 3.63) is 58.7 Å². The van der Waals surface area contributed by atoms with Crippen LogP contribution in [0.5, 0.6) is 0 Å². The SMILES string of the molecule is [C-]#[N+]c1c(C)nsc1N=Nc1sc(N(Cc2ccccc2)C(C)C)nc1C(C)(C)C. The number of aromatic nitrogens is 2. The zero-order chi connectivity index (χ0) is 21.9. The van der Waals surface area contributed by atoms with E-state index in [2.05, 4.69) is 83.2 Å². The number of aryl methyl sites for hydroxylation is 1. The smallest absolute Gasteiger partial charge is 0.247 e. The maximum Gasteiger partial charge on any atom is 0.247 e. The van der Waals surface area contributed by atoms with Crippen LogP contribution >= 0.6 is 22.9 Å². The van der Waals surface area contributed by atoms with Crippen molar-refractivity contribution in [3.63, 3.8) is 0 Å². The Morgan fingerprint density at radius 2 is 1.80 bits per heavy atom. The van der Waals surface area contributed by atoms with Crippen LogP contribution in [0.3, 0.4) is 0 Å². The van der Waals surface area contributed by atoms with E-state index in [9.17, 15) is 0 Å². The lowest BCUT2D eigenvalue weighted by atomic mass is 9.93. The van der Waals surface area contributed by atoms with Crippen molar-refractivity contribution in [2.24, 2.45) is 10.2 Å². The van der Waals surface area contributed by atoms with Gasteiger partial charge in [0, 0.05) is 18.0 Å². The highest BCUT2D eigenvalue weighted by Gasteiger charge is 2.26. The highest BCUT2D eigenvalue weighted by atomic mass is 32.1. The molecule has 1 aromatic carbocycles. The van der Waals surface area contributed by atoms with Crippen molar-refractivity contribution >= 4 is 43.7 Å². The summed E-state index contributed by atoms with van der Waals surface area (Å²) in [5.41, 5.74) is 3.14. The molecule has 3 aromatic rings. The molecule has 0 fully saturated rings. The third-order valence-corrected chi connectivity index (χ3v) is 6.32. The van der Waals surface area contributed by atoms with Crippen LogP contribution in [-0.2, 0) is 12.0 Å². The highest BCUT2D eigenvalue weighted by Crippen LogP contribution is 2.43. The Labute approximate surface area is 186 Å². The first-order valence-electron chi connectivity index (χ1n) is 9.78. The minimum absolute atomic E-state index is 0.176. The average Bonchev–Trinajstić information content (AvgIpc) is 3.28. The summed E-state index contributed by atoms with van der Waals surface area (Å²) in [6.07, 6.45) is 0. The van der Waals surface area contributed by atoms with Gasteiger partial charge in [0.1, 0.15) is 0 Å². The van der Waals surface area contributed by atoms with E-state index >= 15 is 0 Å². The Morgan fingerprint density at radius 3 is 2.40 bits per heavy atom. The Hall–Kier alpha value is -2.63. The molecule has 0 aliphatic carbocycles. The number of hydrogen-bond acceptors (Lipinski definition) is 7. The Morgan fingerprint density at radius 1 is 1.13 bits per heavy atom. The van der Waals surface area contributed by atoms with Crippen molar-refractivity contribution in [1.29, 1.82) is 0 Å². The van der Waals surface area contributed by atoms with Crippen LogP contribution in [0.15, 0.2) is 40.6 Å². The van der Waals surface area contributed by atoms with E-state index in [1.165, 1.54) is 17.1 Å². The molecule has 0 saturated carbocycles. The van der Waals surface area contributed by atoms with Gasteiger partial charge in [-0.05, 0) is 37.9 Å². The third-order valence-electron chi connectivity index (χ3n) is 4.53. The molecule has 2 heterocycles. The molecule has 30 heavy (non-hydrogen) atoms. The van der Waals surface area contributed by atoms with E-state index in [-0.39, 0.29) is 11.5 Å². The number of anilines is 1. The Balaban J connectivity index is 1.99. The van der Waals surface area contributed by atoms with Gasteiger partial charge in [-0.15, -0.1) is 10.2 Å². The second-order valence-electron chi connectivity index (χ2n) is 8.34. The van der Waals surface area contributed by atoms with Gasteiger partial charge < -0.3 is 4.90 Å². The first-order chi connectivity index (χ1) is 14.2. The summed E-state index contributed by atoms with van der Waals surface area (Å²) in [6.45, 7) is 20.7. The lowest BCUT2D eigenvalue weighted by Gasteiger charge is -2.26. The highest BCUT2D eigenvalue weighted by molar-refractivity contribution is 7.19. The number of rotatable bonds is 6. The van der Waals surface area contributed by atoms with Crippen molar-refractivity contribution in [3.8, 4) is 0 Å². The number of azo groups is 1. The van der Waals surface area contributed by atoms with Gasteiger partial charge in [0.25, 0.3) is 0 Å². The van der Waals surface area contributed by atoms with Crippen LogP contribution in [-0.4, -0.2) is 15.4 Å². The molecule has 0 aliphatic heterocycles. The third kappa shape index (κ3) is 4.91. The Kier molecular flexibility index (Phi) is 6.64. The van der Waals surface area contributed by atoms with Gasteiger partial charge in [-0.25, -0.2) is 14.2 Å². The second kappa shape index (κ2) is 9.02. The van der Waals surface area contributed by atoms with Gasteiger partial charge in [0.15, 0.2) is 15.1 Å². The summed E-state index contributed by atoms with van der Waals surface area (Å²) in [7, 11) is 0. The second-order valence-corrected chi connectivity index (χ2v) is 10.0. The Bertz CT molecular complexity index is 1070. The number of hydrogen-bond donors (Lipinski definition) is 0. The van der Waals surface area contributed by atoms with Crippen molar-refractivity contribution in [2.75, 3.05) is 4.90 Å². The molecule has 0 aliphatic rings. The molecule has 3 rings (SSSR count). The summed E-state index contributed by atoms with van der Waals surface area (Å²) in [5, 5.41) is 11.1. The molecule has 0 N–H and O–H groups in total. The fourth-order valence-electron chi connectivity index (χ4n) is 2.87. The fraction of sp³-hybridized carbons (Fsp3) is 0.409. The summed E-state index contributed by atoms with van der Waals surface area (Å²) in [6, 6.07) is 10.7. The van der Waals surface area contributed by atoms with E-state index in [4.69, 9.17) is 11.6 Å². The average molecular weight is 439 g/mol. The predicted molar refractivity (Wildman–Crippen MR) is 126 cm³/mol. The van der Waals surface area contributed by atoms with E-state index in [1.54, 1.807) is 11.3 Å². The molecule has 156 valence electrons. The number of nitrogens with zero attached hydrogens (tertiary/aromatic N) is 6. The zero-order valence-electron chi connectivity index (χ0n) is 18.2. The van der Waals surface area contributed by atoms with Crippen molar-refractivity contribution < 1.29 is 0 Å². The standard InChI is InChI=1S/C22H26N6S2/c1-14(2)28(13-16-11-9-8-10-12-16)21-24-18(22(4,5)6)20(29-21)26-25-19-17(23-7)15(3)27-30-19/h8-12,14H,13H2,1-6H3. The molecule has 0 radical (unpaired) electrons. The van der Waals surface area contributed by atoms with Crippen LogP contribution < -0.4 is 4.90 Å². The quantitative estimate of drug-likeness (QED) is 0.294. The summed E-state index contributed by atoms with van der Waals surface area (Å²) < 4.78 is 4.23. The van der Waals surface area contributed by atoms with Crippen molar-refractivity contribution in [2.45, 2.75) is 59.5 Å². The van der Waals surface area contributed by atoms with Crippen molar-refractivity contribution in [1.82, 2.24) is 9.36 Å². The van der Waals surface area contributed by atoms with Gasteiger partial charge in [0.05, 0.1) is 18.0 Å². The monoisotopic (exact) mass is 438 g/mol. The van der Waals surface area contributed by atoms with Crippen LogP contribution in [0.4, 0.5) is 20.8 Å². The van der Waals surface area contributed by atoms with Crippen LogP contribution in [0.2, 0.25) is 0 Å².